The number of rotatable bonds is 2. The Bertz CT molecular complexity index is 1070. The molecule has 1 aliphatic rings. The van der Waals surface area contributed by atoms with E-state index < -0.39 is 0 Å². The zero-order chi connectivity index (χ0) is 17.5. The molecular weight excluding hydrogens is 338 g/mol. The zero-order valence-corrected chi connectivity index (χ0v) is 15.4. The Morgan fingerprint density at radius 3 is 2.81 bits per heavy atom. The van der Waals surface area contributed by atoms with Crippen LogP contribution in [0.5, 0.6) is 0 Å². The van der Waals surface area contributed by atoms with Crippen LogP contribution < -0.4 is 0 Å². The van der Waals surface area contributed by atoms with Gasteiger partial charge in [0.1, 0.15) is 0 Å². The van der Waals surface area contributed by atoms with Crippen molar-refractivity contribution in [2.24, 2.45) is 0 Å². The maximum absolute atomic E-state index is 4.40. The third-order valence-corrected chi connectivity index (χ3v) is 6.04. The molecule has 2 aromatic carbocycles. The minimum Gasteiger partial charge on any atom is -0.301 e. The normalized spacial score (nSPS) is 17.3. The van der Waals surface area contributed by atoms with Crippen LogP contribution in [-0.4, -0.2) is 28.5 Å². The van der Waals surface area contributed by atoms with E-state index in [0.717, 1.165) is 24.5 Å². The summed E-state index contributed by atoms with van der Waals surface area (Å²) in [6.45, 7) is 2.01. The molecule has 0 amide bonds. The SMILES string of the molecule is CN1Cc2cc(-c3ncccn3)ccc2C(c2ccc3ccsc3c2)C1. The van der Waals surface area contributed by atoms with Gasteiger partial charge < -0.3 is 4.90 Å². The van der Waals surface area contributed by atoms with Crippen molar-refractivity contribution in [3.63, 3.8) is 0 Å². The van der Waals surface area contributed by atoms with E-state index in [-0.39, 0.29) is 0 Å². The van der Waals surface area contributed by atoms with E-state index in [2.05, 4.69) is 69.8 Å². The van der Waals surface area contributed by atoms with Crippen molar-refractivity contribution in [3.8, 4) is 11.4 Å². The molecule has 5 rings (SSSR count). The average Bonchev–Trinajstić information content (AvgIpc) is 3.15. The first-order valence-corrected chi connectivity index (χ1v) is 9.72. The van der Waals surface area contributed by atoms with Gasteiger partial charge in [-0.3, -0.25) is 0 Å². The Labute approximate surface area is 157 Å². The molecule has 1 aliphatic heterocycles. The van der Waals surface area contributed by atoms with E-state index in [9.17, 15) is 0 Å². The Balaban J connectivity index is 1.59. The first kappa shape index (κ1) is 15.7. The zero-order valence-electron chi connectivity index (χ0n) is 14.6. The molecule has 0 N–H and O–H groups in total. The summed E-state index contributed by atoms with van der Waals surface area (Å²) in [7, 11) is 2.20. The lowest BCUT2D eigenvalue weighted by atomic mass is 9.84. The van der Waals surface area contributed by atoms with Gasteiger partial charge in [0.15, 0.2) is 5.82 Å². The predicted octanol–water partition coefficient (Wildman–Crippen LogP) is 4.94. The van der Waals surface area contributed by atoms with Crippen LogP contribution in [0.15, 0.2) is 66.3 Å². The van der Waals surface area contributed by atoms with E-state index in [1.54, 1.807) is 12.4 Å². The molecule has 0 fully saturated rings. The van der Waals surface area contributed by atoms with Gasteiger partial charge >= 0.3 is 0 Å². The standard InChI is InChI=1S/C22H19N3S/c1-25-13-18-11-17(22-23-8-2-9-24-22)5-6-19(18)20(14-25)16-4-3-15-7-10-26-21(15)12-16/h2-12,20H,13-14H2,1H3. The molecule has 0 bridgehead atoms. The lowest BCUT2D eigenvalue weighted by Gasteiger charge is -2.33. The second-order valence-electron chi connectivity index (χ2n) is 6.95. The lowest BCUT2D eigenvalue weighted by molar-refractivity contribution is 0.295. The van der Waals surface area contributed by atoms with Crippen LogP contribution >= 0.6 is 11.3 Å². The van der Waals surface area contributed by atoms with Crippen LogP contribution in [0.2, 0.25) is 0 Å². The van der Waals surface area contributed by atoms with Crippen LogP contribution in [0, 0.1) is 0 Å². The van der Waals surface area contributed by atoms with Crippen molar-refractivity contribution >= 4 is 21.4 Å². The van der Waals surface area contributed by atoms with Crippen molar-refractivity contribution in [2.75, 3.05) is 13.6 Å². The Kier molecular flexibility index (Phi) is 3.80. The maximum atomic E-state index is 4.40. The molecule has 0 radical (unpaired) electrons. The quantitative estimate of drug-likeness (QED) is 0.509. The predicted molar refractivity (Wildman–Crippen MR) is 107 cm³/mol. The van der Waals surface area contributed by atoms with Crippen LogP contribution in [0.4, 0.5) is 0 Å². The molecule has 0 saturated carbocycles. The fourth-order valence-corrected chi connectivity index (χ4v) is 4.75. The molecule has 2 aromatic heterocycles. The van der Waals surface area contributed by atoms with Gasteiger partial charge in [-0.05, 0) is 58.8 Å². The van der Waals surface area contributed by atoms with Crippen molar-refractivity contribution in [1.82, 2.24) is 14.9 Å². The fraction of sp³-hybridized carbons (Fsp3) is 0.182. The number of nitrogens with zero attached hydrogens (tertiary/aromatic N) is 3. The molecule has 0 saturated heterocycles. The highest BCUT2D eigenvalue weighted by molar-refractivity contribution is 7.17. The number of hydrogen-bond acceptors (Lipinski definition) is 4. The smallest absolute Gasteiger partial charge is 0.159 e. The summed E-state index contributed by atoms with van der Waals surface area (Å²) in [6.07, 6.45) is 3.60. The molecule has 1 atom stereocenters. The second kappa shape index (κ2) is 6.31. The Morgan fingerprint density at radius 2 is 1.92 bits per heavy atom. The molecule has 3 nitrogen and oxygen atoms in total. The summed E-state index contributed by atoms with van der Waals surface area (Å²) in [4.78, 5) is 11.2. The minimum absolute atomic E-state index is 0.404. The van der Waals surface area contributed by atoms with Gasteiger partial charge in [-0.2, -0.15) is 0 Å². The van der Waals surface area contributed by atoms with Crippen molar-refractivity contribution in [1.29, 1.82) is 0 Å². The molecule has 0 spiro atoms. The van der Waals surface area contributed by atoms with E-state index in [4.69, 9.17) is 0 Å². The highest BCUT2D eigenvalue weighted by atomic mass is 32.1. The molecular formula is C22H19N3S. The molecule has 1 unspecified atom stereocenters. The van der Waals surface area contributed by atoms with Gasteiger partial charge in [0.25, 0.3) is 0 Å². The van der Waals surface area contributed by atoms with Crippen molar-refractivity contribution < 1.29 is 0 Å². The van der Waals surface area contributed by atoms with E-state index in [1.807, 2.05) is 17.4 Å². The summed E-state index contributed by atoms with van der Waals surface area (Å²) >= 11 is 1.82. The first-order valence-electron chi connectivity index (χ1n) is 8.84. The largest absolute Gasteiger partial charge is 0.301 e. The molecule has 3 heterocycles. The molecule has 4 heteroatoms. The van der Waals surface area contributed by atoms with E-state index >= 15 is 0 Å². The van der Waals surface area contributed by atoms with Gasteiger partial charge in [0.05, 0.1) is 0 Å². The maximum Gasteiger partial charge on any atom is 0.159 e. The number of hydrogen-bond donors (Lipinski definition) is 0. The van der Waals surface area contributed by atoms with Crippen molar-refractivity contribution in [3.05, 3.63) is 83.0 Å². The van der Waals surface area contributed by atoms with Crippen LogP contribution in [0.25, 0.3) is 21.5 Å². The van der Waals surface area contributed by atoms with Gasteiger partial charge in [0.2, 0.25) is 0 Å². The Hall–Kier alpha value is -2.56. The molecule has 26 heavy (non-hydrogen) atoms. The van der Waals surface area contributed by atoms with Gasteiger partial charge in [-0.25, -0.2) is 9.97 Å². The van der Waals surface area contributed by atoms with Crippen LogP contribution in [-0.2, 0) is 6.54 Å². The minimum atomic E-state index is 0.404. The van der Waals surface area contributed by atoms with E-state index in [1.165, 1.54) is 26.8 Å². The fourth-order valence-electron chi connectivity index (χ4n) is 3.91. The average molecular weight is 357 g/mol. The summed E-state index contributed by atoms with van der Waals surface area (Å²) in [5.74, 6) is 1.20. The van der Waals surface area contributed by atoms with Gasteiger partial charge in [-0.1, -0.05) is 24.3 Å². The molecule has 4 aromatic rings. The number of fused-ring (bicyclic) bond motifs is 2. The van der Waals surface area contributed by atoms with E-state index in [0.29, 0.717) is 5.92 Å². The second-order valence-corrected chi connectivity index (χ2v) is 7.90. The van der Waals surface area contributed by atoms with Crippen molar-refractivity contribution in [2.45, 2.75) is 12.5 Å². The van der Waals surface area contributed by atoms with Gasteiger partial charge in [0, 0.05) is 41.7 Å². The highest BCUT2D eigenvalue weighted by Gasteiger charge is 2.25. The molecule has 0 aliphatic carbocycles. The number of benzene rings is 2. The monoisotopic (exact) mass is 357 g/mol. The number of thiophene rings is 1. The summed E-state index contributed by atoms with van der Waals surface area (Å²) < 4.78 is 1.37. The third-order valence-electron chi connectivity index (χ3n) is 5.16. The third kappa shape index (κ3) is 2.71. The topological polar surface area (TPSA) is 29.0 Å². The summed E-state index contributed by atoms with van der Waals surface area (Å²) in [5, 5.41) is 3.50. The highest BCUT2D eigenvalue weighted by Crippen LogP contribution is 2.36. The lowest BCUT2D eigenvalue weighted by Crippen LogP contribution is -2.31. The van der Waals surface area contributed by atoms with Gasteiger partial charge in [-0.15, -0.1) is 11.3 Å². The number of likely N-dealkylation sites (N-methyl/N-ethyl adjacent to an activating group) is 1. The van der Waals surface area contributed by atoms with Crippen LogP contribution in [0.1, 0.15) is 22.6 Å². The summed E-state index contributed by atoms with van der Waals surface area (Å²) in [6, 6.07) is 17.6. The summed E-state index contributed by atoms with van der Waals surface area (Å²) in [5.41, 5.74) is 5.29. The first-order chi connectivity index (χ1) is 12.8. The number of aromatic nitrogens is 2. The van der Waals surface area contributed by atoms with Crippen LogP contribution in [0.3, 0.4) is 0 Å². The Morgan fingerprint density at radius 1 is 1.04 bits per heavy atom. The molecule has 128 valence electrons.